The summed E-state index contributed by atoms with van der Waals surface area (Å²) in [5, 5.41) is 24.3. The molecule has 0 spiro atoms. The summed E-state index contributed by atoms with van der Waals surface area (Å²) < 4.78 is 0. The summed E-state index contributed by atoms with van der Waals surface area (Å²) in [5.41, 5.74) is 0.425. The molecule has 6 heteroatoms. The number of fused-ring (bicyclic) bond motifs is 5. The predicted octanol–water partition coefficient (Wildman–Crippen LogP) is 4.99. The van der Waals surface area contributed by atoms with Gasteiger partial charge in [0, 0.05) is 0 Å². The number of rotatable bonds is 4. The molecule has 0 aromatic heterocycles. The van der Waals surface area contributed by atoms with Crippen LogP contribution in [-0.2, 0) is 4.79 Å². The first-order chi connectivity index (χ1) is 15.6. The van der Waals surface area contributed by atoms with Gasteiger partial charge >= 0.3 is 0 Å². The first-order valence-electron chi connectivity index (χ1n) is 13.5. The Labute approximate surface area is 203 Å². The van der Waals surface area contributed by atoms with E-state index in [0.29, 0.717) is 35.5 Å². The molecule has 2 amide bonds. The average Bonchev–Trinajstić information content (AvgIpc) is 3.27. The fourth-order valence-electron chi connectivity index (χ4n) is 9.98. The number of imide groups is 1. The number of nitrogens with one attached hydrogen (secondary N) is 1. The van der Waals surface area contributed by atoms with Crippen LogP contribution in [0.25, 0.3) is 0 Å². The Kier molecular flexibility index (Phi) is 6.22. The maximum atomic E-state index is 12.2. The van der Waals surface area contributed by atoms with Crippen LogP contribution in [0.1, 0.15) is 85.5 Å². The zero-order valence-electron chi connectivity index (χ0n) is 20.8. The number of hydrogen-bond acceptors (Lipinski definition) is 5. The molecule has 0 radical (unpaired) electrons. The average molecular weight is 478 g/mol. The highest BCUT2D eigenvalue weighted by molar-refractivity contribution is 8.15. The van der Waals surface area contributed by atoms with Gasteiger partial charge in [-0.2, -0.15) is 0 Å². The van der Waals surface area contributed by atoms with Crippen LogP contribution in [-0.4, -0.2) is 38.8 Å². The zero-order valence-corrected chi connectivity index (χ0v) is 21.6. The second-order valence-electron chi connectivity index (χ2n) is 12.7. The third-order valence-electron chi connectivity index (χ3n) is 11.5. The Bertz CT molecular complexity index is 805. The predicted molar refractivity (Wildman–Crippen MR) is 130 cm³/mol. The van der Waals surface area contributed by atoms with E-state index in [9.17, 15) is 19.8 Å². The van der Waals surface area contributed by atoms with Crippen LogP contribution in [0.3, 0.4) is 0 Å². The Balaban J connectivity index is 1.39. The minimum absolute atomic E-state index is 0.118. The van der Waals surface area contributed by atoms with Gasteiger partial charge in [-0.1, -0.05) is 45.9 Å². The van der Waals surface area contributed by atoms with E-state index in [1.165, 1.54) is 25.7 Å². The molecule has 5 fully saturated rings. The summed E-state index contributed by atoms with van der Waals surface area (Å²) in [7, 11) is 0. The Morgan fingerprint density at radius 2 is 1.73 bits per heavy atom. The van der Waals surface area contributed by atoms with Crippen molar-refractivity contribution >= 4 is 22.9 Å². The van der Waals surface area contributed by atoms with E-state index in [-0.39, 0.29) is 45.4 Å². The van der Waals surface area contributed by atoms with E-state index in [2.05, 4.69) is 33.0 Å². The quantitative estimate of drug-likeness (QED) is 0.531. The molecule has 4 saturated carbocycles. The van der Waals surface area contributed by atoms with Crippen LogP contribution in [0, 0.1) is 52.3 Å². The first kappa shape index (κ1) is 24.1. The summed E-state index contributed by atoms with van der Waals surface area (Å²) in [5.74, 6) is 2.96. The van der Waals surface area contributed by atoms with Crippen LogP contribution < -0.4 is 5.32 Å². The summed E-state index contributed by atoms with van der Waals surface area (Å²) >= 11 is 1.16. The normalized spacial score (nSPS) is 52.6. The number of aliphatic hydroxyl groups is 2. The van der Waals surface area contributed by atoms with Gasteiger partial charge in [-0.3, -0.25) is 14.9 Å². The van der Waals surface area contributed by atoms with E-state index in [4.69, 9.17) is 0 Å². The van der Waals surface area contributed by atoms with Gasteiger partial charge in [0.1, 0.15) is 0 Å². The van der Waals surface area contributed by atoms with Crippen LogP contribution in [0.15, 0.2) is 0 Å². The molecule has 4 aliphatic carbocycles. The van der Waals surface area contributed by atoms with Crippen molar-refractivity contribution in [3.05, 3.63) is 0 Å². The van der Waals surface area contributed by atoms with Crippen molar-refractivity contribution in [2.45, 2.75) is 103 Å². The molecule has 4 unspecified atom stereocenters. The van der Waals surface area contributed by atoms with Gasteiger partial charge in [-0.05, 0) is 104 Å². The highest BCUT2D eigenvalue weighted by atomic mass is 32.2. The van der Waals surface area contributed by atoms with E-state index >= 15 is 0 Å². The first-order valence-corrected chi connectivity index (χ1v) is 14.4. The van der Waals surface area contributed by atoms with Gasteiger partial charge in [0.15, 0.2) is 0 Å². The zero-order chi connectivity index (χ0) is 23.7. The Hall–Kier alpha value is -0.590. The molecule has 5 nitrogen and oxygen atoms in total. The molecule has 3 N–H and O–H groups in total. The molecule has 186 valence electrons. The van der Waals surface area contributed by atoms with Crippen LogP contribution in [0.4, 0.5) is 4.79 Å². The Morgan fingerprint density at radius 3 is 2.39 bits per heavy atom. The van der Waals surface area contributed by atoms with Crippen molar-refractivity contribution in [1.29, 1.82) is 0 Å². The SMILES string of the molecule is CC[C@H]1[C@@H](O)C2C3CCC([C@H](C)C[C@H]4SC(=O)NC4=O)[C@@]3(C)CCC2[C@@]2(C)CC[C@@H](O)C[C@@H]12. The van der Waals surface area contributed by atoms with Crippen LogP contribution in [0.2, 0.25) is 0 Å². The maximum absolute atomic E-state index is 12.2. The van der Waals surface area contributed by atoms with Gasteiger partial charge in [-0.15, -0.1) is 0 Å². The minimum atomic E-state index is -0.268. The highest BCUT2D eigenvalue weighted by Gasteiger charge is 2.65. The third-order valence-corrected chi connectivity index (χ3v) is 12.5. The molecule has 12 atom stereocenters. The molecule has 0 aromatic carbocycles. The van der Waals surface area contributed by atoms with Gasteiger partial charge < -0.3 is 10.2 Å². The van der Waals surface area contributed by atoms with E-state index in [1.54, 1.807) is 0 Å². The number of carbonyl (C=O) groups is 2. The fraction of sp³-hybridized carbons (Fsp3) is 0.926. The van der Waals surface area contributed by atoms with E-state index < -0.39 is 0 Å². The lowest BCUT2D eigenvalue weighted by Crippen LogP contribution is -2.62. The number of carbonyl (C=O) groups excluding carboxylic acids is 2. The third kappa shape index (κ3) is 3.64. The number of amides is 2. The van der Waals surface area contributed by atoms with Crippen molar-refractivity contribution in [3.63, 3.8) is 0 Å². The molecular formula is C27H43NO4S. The molecule has 1 saturated heterocycles. The van der Waals surface area contributed by atoms with Crippen molar-refractivity contribution in [1.82, 2.24) is 5.32 Å². The molecule has 0 bridgehead atoms. The molecule has 5 rings (SSSR count). The number of hydrogen-bond donors (Lipinski definition) is 3. The maximum Gasteiger partial charge on any atom is 0.286 e. The number of aliphatic hydroxyl groups excluding tert-OH is 2. The van der Waals surface area contributed by atoms with Crippen LogP contribution in [0.5, 0.6) is 0 Å². The standard InChI is InChI=1S/C27H43NO4S/c1-5-16-20-13-15(29)8-10-27(20,4)19-9-11-26(3)17(6-7-18(26)22(19)23(16)30)14(2)12-21-24(31)28-25(32)33-21/h14-23,29-30H,5-13H2,1-4H3,(H,28,31,32)/t14-,15-,16-,17?,18?,19?,20+,21-,22?,23-,26-,27-/m1/s1. The Morgan fingerprint density at radius 1 is 1.03 bits per heavy atom. The molecule has 5 aliphatic rings. The molecular weight excluding hydrogens is 434 g/mol. The summed E-state index contributed by atoms with van der Waals surface area (Å²) in [6.07, 6.45) is 8.85. The van der Waals surface area contributed by atoms with Gasteiger partial charge in [0.05, 0.1) is 17.5 Å². The molecule has 1 aliphatic heterocycles. The number of thioether (sulfide) groups is 1. The largest absolute Gasteiger partial charge is 0.393 e. The smallest absolute Gasteiger partial charge is 0.286 e. The summed E-state index contributed by atoms with van der Waals surface area (Å²) in [6.45, 7) is 9.47. The molecule has 33 heavy (non-hydrogen) atoms. The van der Waals surface area contributed by atoms with E-state index in [1.807, 2.05) is 0 Å². The van der Waals surface area contributed by atoms with Crippen LogP contribution >= 0.6 is 11.8 Å². The van der Waals surface area contributed by atoms with Crippen molar-refractivity contribution in [2.24, 2.45) is 52.3 Å². The topological polar surface area (TPSA) is 86.6 Å². The second-order valence-corrected chi connectivity index (χ2v) is 13.9. The van der Waals surface area contributed by atoms with Gasteiger partial charge in [-0.25, -0.2) is 0 Å². The second kappa shape index (κ2) is 8.51. The fourth-order valence-corrected chi connectivity index (χ4v) is 11.0. The lowest BCUT2D eigenvalue weighted by Gasteiger charge is -2.64. The highest BCUT2D eigenvalue weighted by Crippen LogP contribution is 2.69. The molecule has 1 heterocycles. The minimum Gasteiger partial charge on any atom is -0.393 e. The van der Waals surface area contributed by atoms with E-state index in [0.717, 1.165) is 43.9 Å². The summed E-state index contributed by atoms with van der Waals surface area (Å²) in [6, 6.07) is 0. The van der Waals surface area contributed by atoms with Gasteiger partial charge in [0.2, 0.25) is 5.91 Å². The monoisotopic (exact) mass is 477 g/mol. The summed E-state index contributed by atoms with van der Waals surface area (Å²) in [4.78, 5) is 23.9. The lowest BCUT2D eigenvalue weighted by atomic mass is 9.41. The van der Waals surface area contributed by atoms with Crippen molar-refractivity contribution in [2.75, 3.05) is 0 Å². The lowest BCUT2D eigenvalue weighted by molar-refractivity contribution is -0.203. The van der Waals surface area contributed by atoms with Crippen molar-refractivity contribution in [3.8, 4) is 0 Å². The molecule has 0 aromatic rings. The van der Waals surface area contributed by atoms with Crippen molar-refractivity contribution < 1.29 is 19.8 Å². The van der Waals surface area contributed by atoms with Gasteiger partial charge in [0.25, 0.3) is 5.24 Å².